The summed E-state index contributed by atoms with van der Waals surface area (Å²) in [5.41, 5.74) is 2.84. The van der Waals surface area contributed by atoms with Crippen LogP contribution in [0.25, 0.3) is 0 Å². The van der Waals surface area contributed by atoms with E-state index in [-0.39, 0.29) is 18.7 Å². The molecule has 2 heterocycles. The molecule has 0 radical (unpaired) electrons. The van der Waals surface area contributed by atoms with Crippen LogP contribution in [-0.4, -0.2) is 49.8 Å². The summed E-state index contributed by atoms with van der Waals surface area (Å²) < 4.78 is 10.7. The Kier molecular flexibility index (Phi) is 5.41. The molecule has 2 aromatic rings. The van der Waals surface area contributed by atoms with Gasteiger partial charge in [0.25, 0.3) is 0 Å². The van der Waals surface area contributed by atoms with Gasteiger partial charge in [0.2, 0.25) is 12.7 Å². The number of benzene rings is 2. The van der Waals surface area contributed by atoms with E-state index in [1.165, 1.54) is 6.92 Å². The molecule has 0 bridgehead atoms. The van der Waals surface area contributed by atoms with Gasteiger partial charge in [-0.25, -0.2) is 4.79 Å². The second-order valence-electron chi connectivity index (χ2n) is 7.05. The summed E-state index contributed by atoms with van der Waals surface area (Å²) in [6, 6.07) is 13.4. The van der Waals surface area contributed by atoms with Crippen molar-refractivity contribution < 1.29 is 19.1 Å². The molecule has 8 heteroatoms. The molecular formula is C21H24N4O4. The minimum absolute atomic E-state index is 0.0664. The van der Waals surface area contributed by atoms with Crippen LogP contribution in [0.15, 0.2) is 42.5 Å². The Morgan fingerprint density at radius 3 is 2.41 bits per heavy atom. The molecule has 2 aliphatic heterocycles. The number of urea groups is 1. The van der Waals surface area contributed by atoms with Crippen molar-refractivity contribution in [2.75, 3.05) is 43.2 Å². The molecule has 0 spiro atoms. The molecule has 0 unspecified atom stereocenters. The standard InChI is InChI=1S/C21H24N4O4/c1-15(26)23-17-3-5-18(6-4-17)24-8-10-25(11-9-24)21(27)22-13-16-2-7-19-20(12-16)29-14-28-19/h2-7,12H,8-11,13-14H2,1H3,(H,22,27)(H,23,26). The number of nitrogens with zero attached hydrogens (tertiary/aromatic N) is 2. The molecule has 4 rings (SSSR count). The van der Waals surface area contributed by atoms with Gasteiger partial charge in [-0.2, -0.15) is 0 Å². The molecule has 0 atom stereocenters. The fourth-order valence-corrected chi connectivity index (χ4v) is 3.47. The molecule has 2 aliphatic rings. The highest BCUT2D eigenvalue weighted by Crippen LogP contribution is 2.32. The second-order valence-corrected chi connectivity index (χ2v) is 7.05. The lowest BCUT2D eigenvalue weighted by molar-refractivity contribution is -0.114. The summed E-state index contributed by atoms with van der Waals surface area (Å²) in [4.78, 5) is 27.7. The summed E-state index contributed by atoms with van der Waals surface area (Å²) in [5.74, 6) is 1.37. The maximum atomic E-state index is 12.5. The van der Waals surface area contributed by atoms with Gasteiger partial charge in [-0.3, -0.25) is 4.79 Å². The van der Waals surface area contributed by atoms with Gasteiger partial charge in [-0.15, -0.1) is 0 Å². The van der Waals surface area contributed by atoms with Crippen molar-refractivity contribution in [2.24, 2.45) is 0 Å². The summed E-state index contributed by atoms with van der Waals surface area (Å²) in [6.45, 7) is 5.01. The molecule has 0 aromatic heterocycles. The minimum atomic E-state index is -0.0851. The van der Waals surface area contributed by atoms with Gasteiger partial charge in [0, 0.05) is 51.0 Å². The van der Waals surface area contributed by atoms with Gasteiger partial charge in [-0.05, 0) is 42.0 Å². The molecule has 1 fully saturated rings. The van der Waals surface area contributed by atoms with Gasteiger partial charge in [0.15, 0.2) is 11.5 Å². The summed E-state index contributed by atoms with van der Waals surface area (Å²) in [5, 5.41) is 5.74. The number of carbonyl (C=O) groups excluding carboxylic acids is 2. The SMILES string of the molecule is CC(=O)Nc1ccc(N2CCN(C(=O)NCc3ccc4c(c3)OCO4)CC2)cc1. The number of nitrogens with one attached hydrogen (secondary N) is 2. The lowest BCUT2D eigenvalue weighted by Crippen LogP contribution is -2.51. The van der Waals surface area contributed by atoms with Crippen LogP contribution in [0.3, 0.4) is 0 Å². The van der Waals surface area contributed by atoms with E-state index in [1.54, 1.807) is 0 Å². The Labute approximate surface area is 169 Å². The fraction of sp³-hybridized carbons (Fsp3) is 0.333. The Hall–Kier alpha value is -3.42. The molecule has 0 aliphatic carbocycles. The normalized spacial score (nSPS) is 15.2. The van der Waals surface area contributed by atoms with Crippen LogP contribution >= 0.6 is 0 Å². The predicted octanol–water partition coefficient (Wildman–Crippen LogP) is 2.41. The molecule has 3 amide bonds. The zero-order valence-corrected chi connectivity index (χ0v) is 16.3. The van der Waals surface area contributed by atoms with E-state index in [4.69, 9.17) is 9.47 Å². The number of ether oxygens (including phenoxy) is 2. The van der Waals surface area contributed by atoms with Gasteiger partial charge in [0.1, 0.15) is 0 Å². The van der Waals surface area contributed by atoms with Crippen molar-refractivity contribution in [3.05, 3.63) is 48.0 Å². The number of fused-ring (bicyclic) bond motifs is 1. The molecule has 2 aromatic carbocycles. The van der Waals surface area contributed by atoms with Crippen LogP contribution in [0.5, 0.6) is 11.5 Å². The van der Waals surface area contributed by atoms with Crippen LogP contribution < -0.4 is 25.0 Å². The fourth-order valence-electron chi connectivity index (χ4n) is 3.47. The van der Waals surface area contributed by atoms with E-state index in [2.05, 4.69) is 15.5 Å². The highest BCUT2D eigenvalue weighted by atomic mass is 16.7. The number of hydrogen-bond donors (Lipinski definition) is 2. The van der Waals surface area contributed by atoms with E-state index in [0.717, 1.165) is 41.5 Å². The summed E-state index contributed by atoms with van der Waals surface area (Å²) in [7, 11) is 0. The molecule has 8 nitrogen and oxygen atoms in total. The van der Waals surface area contributed by atoms with Crippen LogP contribution in [0.4, 0.5) is 16.2 Å². The van der Waals surface area contributed by atoms with E-state index in [1.807, 2.05) is 47.4 Å². The molecule has 2 N–H and O–H groups in total. The first-order valence-electron chi connectivity index (χ1n) is 9.62. The Morgan fingerprint density at radius 1 is 0.966 bits per heavy atom. The minimum Gasteiger partial charge on any atom is -0.454 e. The number of amides is 3. The first kappa shape index (κ1) is 18.9. The zero-order valence-electron chi connectivity index (χ0n) is 16.3. The average Bonchev–Trinajstić information content (AvgIpc) is 3.20. The predicted molar refractivity (Wildman–Crippen MR) is 109 cm³/mol. The quantitative estimate of drug-likeness (QED) is 0.829. The number of anilines is 2. The van der Waals surface area contributed by atoms with Crippen LogP contribution in [0.2, 0.25) is 0 Å². The van der Waals surface area contributed by atoms with Crippen molar-refractivity contribution >= 4 is 23.3 Å². The lowest BCUT2D eigenvalue weighted by Gasteiger charge is -2.36. The summed E-state index contributed by atoms with van der Waals surface area (Å²) in [6.07, 6.45) is 0. The second kappa shape index (κ2) is 8.30. The van der Waals surface area contributed by atoms with Crippen LogP contribution in [0, 0.1) is 0 Å². The first-order chi connectivity index (χ1) is 14.1. The third kappa shape index (κ3) is 4.53. The monoisotopic (exact) mass is 396 g/mol. The molecule has 1 saturated heterocycles. The van der Waals surface area contributed by atoms with Crippen molar-refractivity contribution in [2.45, 2.75) is 13.5 Å². The molecule has 152 valence electrons. The van der Waals surface area contributed by atoms with E-state index >= 15 is 0 Å². The van der Waals surface area contributed by atoms with E-state index < -0.39 is 0 Å². The number of hydrogen-bond acceptors (Lipinski definition) is 5. The van der Waals surface area contributed by atoms with Crippen molar-refractivity contribution in [1.29, 1.82) is 0 Å². The van der Waals surface area contributed by atoms with Crippen LogP contribution in [-0.2, 0) is 11.3 Å². The lowest BCUT2D eigenvalue weighted by atomic mass is 10.2. The Morgan fingerprint density at radius 2 is 1.69 bits per heavy atom. The first-order valence-corrected chi connectivity index (χ1v) is 9.62. The van der Waals surface area contributed by atoms with E-state index in [9.17, 15) is 9.59 Å². The smallest absolute Gasteiger partial charge is 0.317 e. The maximum absolute atomic E-state index is 12.5. The Bertz CT molecular complexity index is 892. The number of carbonyl (C=O) groups is 2. The van der Waals surface area contributed by atoms with Crippen molar-refractivity contribution in [1.82, 2.24) is 10.2 Å². The topological polar surface area (TPSA) is 83.1 Å². The average molecular weight is 396 g/mol. The molecule has 29 heavy (non-hydrogen) atoms. The maximum Gasteiger partial charge on any atom is 0.317 e. The highest BCUT2D eigenvalue weighted by Gasteiger charge is 2.21. The third-order valence-electron chi connectivity index (χ3n) is 5.00. The van der Waals surface area contributed by atoms with Crippen molar-refractivity contribution in [3.63, 3.8) is 0 Å². The largest absolute Gasteiger partial charge is 0.454 e. The van der Waals surface area contributed by atoms with Gasteiger partial charge >= 0.3 is 6.03 Å². The highest BCUT2D eigenvalue weighted by molar-refractivity contribution is 5.88. The third-order valence-corrected chi connectivity index (χ3v) is 5.00. The zero-order chi connectivity index (χ0) is 20.2. The van der Waals surface area contributed by atoms with Gasteiger partial charge < -0.3 is 29.9 Å². The van der Waals surface area contributed by atoms with Crippen LogP contribution in [0.1, 0.15) is 12.5 Å². The molecule has 0 saturated carbocycles. The van der Waals surface area contributed by atoms with Gasteiger partial charge in [-0.1, -0.05) is 6.07 Å². The van der Waals surface area contributed by atoms with Crippen molar-refractivity contribution in [3.8, 4) is 11.5 Å². The number of rotatable bonds is 4. The van der Waals surface area contributed by atoms with Gasteiger partial charge in [0.05, 0.1) is 0 Å². The Balaban J connectivity index is 1.25. The molecular weight excluding hydrogens is 372 g/mol. The van der Waals surface area contributed by atoms with E-state index in [0.29, 0.717) is 19.6 Å². The summed E-state index contributed by atoms with van der Waals surface area (Å²) >= 11 is 0. The number of piperazine rings is 1.